The zero-order valence-corrected chi connectivity index (χ0v) is 22.8. The third-order valence-electron chi connectivity index (χ3n) is 8.12. The Morgan fingerprint density at radius 3 is 2.63 bits per heavy atom. The summed E-state index contributed by atoms with van der Waals surface area (Å²) in [4.78, 5) is 32.6. The van der Waals surface area contributed by atoms with Gasteiger partial charge in [0.25, 0.3) is 5.91 Å². The first-order valence-electron chi connectivity index (χ1n) is 13.9. The molecule has 2 heterocycles. The van der Waals surface area contributed by atoms with Crippen molar-refractivity contribution in [3.63, 3.8) is 0 Å². The summed E-state index contributed by atoms with van der Waals surface area (Å²) < 4.78 is 6.17. The number of fused-ring (bicyclic) bond motifs is 1. The van der Waals surface area contributed by atoms with E-state index in [1.807, 2.05) is 6.07 Å². The highest BCUT2D eigenvalue weighted by Gasteiger charge is 2.36. The van der Waals surface area contributed by atoms with Crippen LogP contribution in [-0.2, 0) is 17.8 Å². The van der Waals surface area contributed by atoms with E-state index in [1.165, 1.54) is 35.3 Å². The van der Waals surface area contributed by atoms with E-state index in [1.54, 1.807) is 5.38 Å². The molecular weight excluding hydrogens is 494 g/mol. The van der Waals surface area contributed by atoms with Crippen molar-refractivity contribution in [3.05, 3.63) is 80.8 Å². The molecule has 0 spiro atoms. The first kappa shape index (κ1) is 25.1. The molecule has 6 nitrogen and oxygen atoms in total. The number of benzene rings is 2. The van der Waals surface area contributed by atoms with E-state index in [4.69, 9.17) is 4.74 Å². The molecule has 38 heavy (non-hydrogen) atoms. The molecule has 0 saturated heterocycles. The predicted octanol–water partition coefficient (Wildman–Crippen LogP) is 5.83. The molecule has 198 valence electrons. The summed E-state index contributed by atoms with van der Waals surface area (Å²) in [6.07, 6.45) is 7.55. The van der Waals surface area contributed by atoms with Gasteiger partial charge in [-0.2, -0.15) is 0 Å². The number of aryl methyl sites for hydroxylation is 1. The normalized spacial score (nSPS) is 19.3. The number of nitrogens with one attached hydrogen (secondary N) is 1. The van der Waals surface area contributed by atoms with Crippen molar-refractivity contribution in [1.29, 1.82) is 0 Å². The number of hydrogen-bond donors (Lipinski definition) is 1. The number of amides is 2. The molecule has 2 fully saturated rings. The minimum Gasteiger partial charge on any atom is -0.486 e. The summed E-state index contributed by atoms with van der Waals surface area (Å²) in [5.74, 6) is 1.72. The fraction of sp³-hybridized carbons (Fsp3) is 0.452. The molecule has 7 heteroatoms. The van der Waals surface area contributed by atoms with Gasteiger partial charge in [0.2, 0.25) is 5.91 Å². The maximum absolute atomic E-state index is 13.7. The maximum atomic E-state index is 13.7. The van der Waals surface area contributed by atoms with Crippen LogP contribution in [0.2, 0.25) is 0 Å². The SMILES string of the molecule is Cc1ccc([C@H]2c3cc(OCc4nc(C(=O)NCC5CC5)cs4)ccc3CCN2C(=O)C2CCCC2)cc1. The van der Waals surface area contributed by atoms with E-state index in [0.29, 0.717) is 24.1 Å². The molecule has 6 rings (SSSR count). The monoisotopic (exact) mass is 529 g/mol. The molecule has 1 aliphatic heterocycles. The van der Waals surface area contributed by atoms with Gasteiger partial charge in [-0.15, -0.1) is 11.3 Å². The molecule has 2 amide bonds. The topological polar surface area (TPSA) is 71.5 Å². The average Bonchev–Trinajstić information content (AvgIpc) is 3.38. The number of aromatic nitrogens is 1. The van der Waals surface area contributed by atoms with Crippen molar-refractivity contribution < 1.29 is 14.3 Å². The summed E-state index contributed by atoms with van der Waals surface area (Å²) in [5, 5.41) is 5.54. The minimum absolute atomic E-state index is 0.110. The molecule has 2 saturated carbocycles. The Labute approximate surface area is 228 Å². The van der Waals surface area contributed by atoms with Crippen LogP contribution >= 0.6 is 11.3 Å². The Morgan fingerprint density at radius 1 is 1.08 bits per heavy atom. The Balaban J connectivity index is 1.21. The number of hydrogen-bond acceptors (Lipinski definition) is 5. The predicted molar refractivity (Wildman–Crippen MR) is 148 cm³/mol. The van der Waals surface area contributed by atoms with Gasteiger partial charge in [-0.1, -0.05) is 48.7 Å². The zero-order chi connectivity index (χ0) is 26.1. The van der Waals surface area contributed by atoms with Crippen molar-refractivity contribution in [2.45, 2.75) is 64.5 Å². The van der Waals surface area contributed by atoms with Crippen LogP contribution in [0.1, 0.15) is 82.3 Å². The maximum Gasteiger partial charge on any atom is 0.270 e. The van der Waals surface area contributed by atoms with Crippen LogP contribution in [0.4, 0.5) is 0 Å². The van der Waals surface area contributed by atoms with Gasteiger partial charge in [-0.05, 0) is 73.8 Å². The second-order valence-corrected chi connectivity index (χ2v) is 11.9. The summed E-state index contributed by atoms with van der Waals surface area (Å²) in [7, 11) is 0. The van der Waals surface area contributed by atoms with Crippen molar-refractivity contribution in [3.8, 4) is 5.75 Å². The molecule has 2 aromatic carbocycles. The quantitative estimate of drug-likeness (QED) is 0.398. The largest absolute Gasteiger partial charge is 0.486 e. The van der Waals surface area contributed by atoms with E-state index < -0.39 is 0 Å². The lowest BCUT2D eigenvalue weighted by Gasteiger charge is -2.39. The molecule has 0 unspecified atom stereocenters. The molecule has 1 N–H and O–H groups in total. The number of carbonyl (C=O) groups excluding carboxylic acids is 2. The lowest BCUT2D eigenvalue weighted by atomic mass is 9.86. The third kappa shape index (κ3) is 5.48. The molecule has 0 bridgehead atoms. The van der Waals surface area contributed by atoms with E-state index >= 15 is 0 Å². The van der Waals surface area contributed by atoms with Crippen LogP contribution in [0.25, 0.3) is 0 Å². The Kier molecular flexibility index (Phi) is 7.20. The Hall–Kier alpha value is -3.19. The van der Waals surface area contributed by atoms with Crippen LogP contribution in [0.15, 0.2) is 47.8 Å². The fourth-order valence-corrected chi connectivity index (χ4v) is 6.40. The van der Waals surface area contributed by atoms with Crippen molar-refractivity contribution in [2.75, 3.05) is 13.1 Å². The van der Waals surface area contributed by atoms with Crippen LogP contribution in [-0.4, -0.2) is 34.8 Å². The first-order chi connectivity index (χ1) is 18.5. The van der Waals surface area contributed by atoms with Crippen molar-refractivity contribution >= 4 is 23.2 Å². The number of carbonyl (C=O) groups is 2. The molecule has 3 aromatic rings. The second-order valence-electron chi connectivity index (χ2n) is 11.0. The molecule has 2 aliphatic carbocycles. The van der Waals surface area contributed by atoms with Gasteiger partial charge in [-0.25, -0.2) is 4.98 Å². The van der Waals surface area contributed by atoms with Gasteiger partial charge < -0.3 is 15.0 Å². The average molecular weight is 530 g/mol. The van der Waals surface area contributed by atoms with Gasteiger partial charge >= 0.3 is 0 Å². The number of thiazole rings is 1. The van der Waals surface area contributed by atoms with Crippen LogP contribution in [0.3, 0.4) is 0 Å². The van der Waals surface area contributed by atoms with Crippen molar-refractivity contribution in [1.82, 2.24) is 15.2 Å². The molecule has 3 aliphatic rings. The number of nitrogens with zero attached hydrogens (tertiary/aromatic N) is 2. The third-order valence-corrected chi connectivity index (χ3v) is 8.94. The fourth-order valence-electron chi connectivity index (χ4n) is 5.71. The minimum atomic E-state index is -0.113. The number of ether oxygens (including phenoxy) is 1. The molecule has 0 radical (unpaired) electrons. The lowest BCUT2D eigenvalue weighted by Crippen LogP contribution is -2.43. The second kappa shape index (κ2) is 10.9. The zero-order valence-electron chi connectivity index (χ0n) is 21.9. The van der Waals surface area contributed by atoms with Crippen molar-refractivity contribution in [2.24, 2.45) is 11.8 Å². The lowest BCUT2D eigenvalue weighted by molar-refractivity contribution is -0.137. The van der Waals surface area contributed by atoms with Crippen LogP contribution < -0.4 is 10.1 Å². The van der Waals surface area contributed by atoms with Gasteiger partial charge in [0, 0.05) is 24.4 Å². The summed E-state index contributed by atoms with van der Waals surface area (Å²) in [5.41, 5.74) is 5.21. The van der Waals surface area contributed by atoms with E-state index in [9.17, 15) is 9.59 Å². The molecule has 1 atom stereocenters. The highest BCUT2D eigenvalue weighted by Crippen LogP contribution is 2.40. The molecule has 1 aromatic heterocycles. The highest BCUT2D eigenvalue weighted by molar-refractivity contribution is 7.09. The smallest absolute Gasteiger partial charge is 0.270 e. The standard InChI is InChI=1S/C31H35N3O3S/c1-20-6-10-23(11-7-20)29-26-16-25(13-12-22(26)14-15-34(29)31(36)24-4-2-3-5-24)37-18-28-33-27(19-38-28)30(35)32-17-21-8-9-21/h6-7,10-13,16,19,21,24,29H,2-5,8-9,14-15,17-18H2,1H3,(H,32,35)/t29-/m0/s1. The summed E-state index contributed by atoms with van der Waals surface area (Å²) in [6.45, 7) is 3.87. The van der Waals surface area contributed by atoms with Gasteiger partial charge in [0.1, 0.15) is 23.1 Å². The Bertz CT molecular complexity index is 1310. The van der Waals surface area contributed by atoms with E-state index in [2.05, 4.69) is 58.5 Å². The highest BCUT2D eigenvalue weighted by atomic mass is 32.1. The van der Waals surface area contributed by atoms with Crippen LogP contribution in [0, 0.1) is 18.8 Å². The van der Waals surface area contributed by atoms with Gasteiger partial charge in [-0.3, -0.25) is 9.59 Å². The Morgan fingerprint density at radius 2 is 1.87 bits per heavy atom. The van der Waals surface area contributed by atoms with Gasteiger partial charge in [0.15, 0.2) is 0 Å². The van der Waals surface area contributed by atoms with Gasteiger partial charge in [0.05, 0.1) is 6.04 Å². The number of rotatable bonds is 8. The van der Waals surface area contributed by atoms with Crippen LogP contribution in [0.5, 0.6) is 5.75 Å². The molecular formula is C31H35N3O3S. The summed E-state index contributed by atoms with van der Waals surface area (Å²) >= 11 is 1.44. The van der Waals surface area contributed by atoms with E-state index in [0.717, 1.165) is 67.1 Å². The first-order valence-corrected chi connectivity index (χ1v) is 14.8. The summed E-state index contributed by atoms with van der Waals surface area (Å²) in [6, 6.07) is 14.7. The van der Waals surface area contributed by atoms with E-state index in [-0.39, 0.29) is 17.9 Å².